The minimum atomic E-state index is 0.517. The summed E-state index contributed by atoms with van der Waals surface area (Å²) < 4.78 is 5.43. The van der Waals surface area contributed by atoms with Crippen molar-refractivity contribution in [3.63, 3.8) is 0 Å². The summed E-state index contributed by atoms with van der Waals surface area (Å²) in [6, 6.07) is 0.598. The van der Waals surface area contributed by atoms with Crippen LogP contribution in [0.5, 0.6) is 0 Å². The molecule has 0 aliphatic heterocycles. The second-order valence-electron chi connectivity index (χ2n) is 6.71. The molecule has 2 aliphatic carbocycles. The van der Waals surface area contributed by atoms with Crippen LogP contribution in [0.2, 0.25) is 0 Å². The molecule has 2 nitrogen and oxygen atoms in total. The van der Waals surface area contributed by atoms with E-state index in [2.05, 4.69) is 26.1 Å². The summed E-state index contributed by atoms with van der Waals surface area (Å²) in [6.45, 7) is 9.01. The molecule has 2 saturated carbocycles. The summed E-state index contributed by atoms with van der Waals surface area (Å²) >= 11 is 0. The fourth-order valence-corrected chi connectivity index (χ4v) is 4.29. The topological polar surface area (TPSA) is 21.3 Å². The van der Waals surface area contributed by atoms with Gasteiger partial charge in [-0.3, -0.25) is 0 Å². The Hall–Kier alpha value is -0.0800. The lowest BCUT2D eigenvalue weighted by molar-refractivity contribution is 0.0248. The molecule has 2 rings (SSSR count). The molecule has 4 unspecified atom stereocenters. The third kappa shape index (κ3) is 2.53. The van der Waals surface area contributed by atoms with Crippen LogP contribution in [0.1, 0.15) is 46.5 Å². The number of methoxy groups -OCH3 is 1. The average molecular weight is 239 g/mol. The van der Waals surface area contributed by atoms with Crippen molar-refractivity contribution < 1.29 is 4.74 Å². The van der Waals surface area contributed by atoms with Gasteiger partial charge in [0.2, 0.25) is 0 Å². The van der Waals surface area contributed by atoms with Crippen LogP contribution in [0.4, 0.5) is 0 Å². The highest BCUT2D eigenvalue weighted by Crippen LogP contribution is 2.59. The number of ether oxygens (including phenoxy) is 1. The predicted octanol–water partition coefficient (Wildman–Crippen LogP) is 3.07. The van der Waals surface area contributed by atoms with Crippen LogP contribution in [0.3, 0.4) is 0 Å². The van der Waals surface area contributed by atoms with Gasteiger partial charge in [0.15, 0.2) is 0 Å². The molecule has 0 aromatic carbocycles. The summed E-state index contributed by atoms with van der Waals surface area (Å²) in [5, 5.41) is 3.70. The smallest absolute Gasteiger partial charge is 0.0493 e. The van der Waals surface area contributed by atoms with E-state index in [1.54, 1.807) is 0 Å². The van der Waals surface area contributed by atoms with Crippen molar-refractivity contribution in [2.45, 2.75) is 52.5 Å². The van der Waals surface area contributed by atoms with E-state index in [-0.39, 0.29) is 0 Å². The van der Waals surface area contributed by atoms with Gasteiger partial charge in [0, 0.05) is 26.3 Å². The van der Waals surface area contributed by atoms with E-state index >= 15 is 0 Å². The summed E-state index contributed by atoms with van der Waals surface area (Å²) in [6.07, 6.45) is 5.85. The molecule has 0 aromatic rings. The molecule has 17 heavy (non-hydrogen) atoms. The Morgan fingerprint density at radius 2 is 2.06 bits per heavy atom. The zero-order valence-corrected chi connectivity index (χ0v) is 12.0. The minimum Gasteiger partial charge on any atom is -0.384 e. The van der Waals surface area contributed by atoms with Gasteiger partial charge in [-0.1, -0.05) is 27.2 Å². The van der Waals surface area contributed by atoms with E-state index in [1.165, 1.54) is 32.2 Å². The van der Waals surface area contributed by atoms with E-state index in [0.29, 0.717) is 17.4 Å². The second-order valence-corrected chi connectivity index (χ2v) is 6.71. The van der Waals surface area contributed by atoms with Crippen LogP contribution in [0.25, 0.3) is 0 Å². The van der Waals surface area contributed by atoms with E-state index in [0.717, 1.165) is 18.4 Å². The molecule has 1 N–H and O–H groups in total. The number of hydrogen-bond acceptors (Lipinski definition) is 2. The fraction of sp³-hybridized carbons (Fsp3) is 1.00. The van der Waals surface area contributed by atoms with E-state index in [1.807, 2.05) is 7.11 Å². The lowest BCUT2D eigenvalue weighted by atomic mass is 9.65. The Labute approximate surface area is 107 Å². The Morgan fingerprint density at radius 1 is 1.29 bits per heavy atom. The normalized spacial score (nSPS) is 37.9. The van der Waals surface area contributed by atoms with Gasteiger partial charge in [0.25, 0.3) is 0 Å². The number of rotatable bonds is 6. The molecule has 4 atom stereocenters. The van der Waals surface area contributed by atoms with Crippen molar-refractivity contribution >= 4 is 0 Å². The van der Waals surface area contributed by atoms with Crippen LogP contribution in [-0.4, -0.2) is 26.3 Å². The van der Waals surface area contributed by atoms with Gasteiger partial charge >= 0.3 is 0 Å². The molecular weight excluding hydrogens is 210 g/mol. The van der Waals surface area contributed by atoms with Crippen molar-refractivity contribution in [1.82, 2.24) is 5.32 Å². The summed E-state index contributed by atoms with van der Waals surface area (Å²) in [5.74, 6) is 2.64. The minimum absolute atomic E-state index is 0.517. The molecule has 2 heteroatoms. The maximum Gasteiger partial charge on any atom is 0.0493 e. The Balaban J connectivity index is 2.06. The zero-order valence-electron chi connectivity index (χ0n) is 12.0. The number of hydrogen-bond donors (Lipinski definition) is 1. The second kappa shape index (κ2) is 5.27. The van der Waals surface area contributed by atoms with Crippen molar-refractivity contribution in [3.05, 3.63) is 0 Å². The highest BCUT2D eigenvalue weighted by atomic mass is 16.5. The average Bonchev–Trinajstić information content (AvgIpc) is 2.87. The lowest BCUT2D eigenvalue weighted by Gasteiger charge is -2.43. The molecule has 0 radical (unpaired) electrons. The molecule has 0 spiro atoms. The van der Waals surface area contributed by atoms with Crippen LogP contribution in [-0.2, 0) is 4.74 Å². The Bertz CT molecular complexity index is 253. The van der Waals surface area contributed by atoms with Crippen LogP contribution < -0.4 is 5.32 Å². The predicted molar refractivity (Wildman–Crippen MR) is 72.1 cm³/mol. The van der Waals surface area contributed by atoms with Crippen molar-refractivity contribution in [3.8, 4) is 0 Å². The Kier molecular flexibility index (Phi) is 4.14. The van der Waals surface area contributed by atoms with E-state index < -0.39 is 0 Å². The highest BCUT2D eigenvalue weighted by Gasteiger charge is 2.53. The zero-order chi connectivity index (χ0) is 12.5. The summed E-state index contributed by atoms with van der Waals surface area (Å²) in [4.78, 5) is 0. The quantitative estimate of drug-likeness (QED) is 0.769. The summed E-state index contributed by atoms with van der Waals surface area (Å²) in [5.41, 5.74) is 0.517. The third-order valence-corrected chi connectivity index (χ3v) is 5.26. The van der Waals surface area contributed by atoms with Gasteiger partial charge in [-0.2, -0.15) is 0 Å². The third-order valence-electron chi connectivity index (χ3n) is 5.26. The van der Waals surface area contributed by atoms with Crippen molar-refractivity contribution in [1.29, 1.82) is 0 Å². The molecule has 0 saturated heterocycles. The number of nitrogens with one attached hydrogen (secondary N) is 1. The number of fused-ring (bicyclic) bond motifs is 2. The molecular formula is C15H29NO. The molecule has 2 aliphatic rings. The highest BCUT2D eigenvalue weighted by molar-refractivity contribution is 5.03. The first kappa shape index (κ1) is 13.4. The summed E-state index contributed by atoms with van der Waals surface area (Å²) in [7, 11) is 1.84. The van der Waals surface area contributed by atoms with Gasteiger partial charge in [-0.25, -0.2) is 0 Å². The van der Waals surface area contributed by atoms with Gasteiger partial charge < -0.3 is 10.1 Å². The molecule has 0 aromatic heterocycles. The van der Waals surface area contributed by atoms with Crippen LogP contribution in [0, 0.1) is 23.2 Å². The SMILES string of the molecule is COCC(C)C1(CNC(C)C)CC2CCC1C2. The first-order valence-corrected chi connectivity index (χ1v) is 7.31. The maximum absolute atomic E-state index is 5.43. The van der Waals surface area contributed by atoms with Gasteiger partial charge in [-0.05, 0) is 42.4 Å². The lowest BCUT2D eigenvalue weighted by Crippen LogP contribution is -2.46. The fourth-order valence-electron chi connectivity index (χ4n) is 4.29. The molecule has 0 heterocycles. The largest absolute Gasteiger partial charge is 0.384 e. The standard InChI is InChI=1S/C15H29NO/c1-11(2)16-10-15(12(3)9-17-4)8-13-5-6-14(15)7-13/h11-14,16H,5-10H2,1-4H3. The van der Waals surface area contributed by atoms with Crippen molar-refractivity contribution in [2.75, 3.05) is 20.3 Å². The molecule has 100 valence electrons. The monoisotopic (exact) mass is 239 g/mol. The molecule has 0 amide bonds. The van der Waals surface area contributed by atoms with E-state index in [4.69, 9.17) is 4.74 Å². The van der Waals surface area contributed by atoms with Crippen LogP contribution >= 0.6 is 0 Å². The molecule has 2 fully saturated rings. The van der Waals surface area contributed by atoms with Gasteiger partial charge in [0.1, 0.15) is 0 Å². The maximum atomic E-state index is 5.43. The van der Waals surface area contributed by atoms with Gasteiger partial charge in [-0.15, -0.1) is 0 Å². The van der Waals surface area contributed by atoms with Crippen molar-refractivity contribution in [2.24, 2.45) is 23.2 Å². The molecule has 2 bridgehead atoms. The van der Waals surface area contributed by atoms with Crippen LogP contribution in [0.15, 0.2) is 0 Å². The Morgan fingerprint density at radius 3 is 2.53 bits per heavy atom. The first-order valence-electron chi connectivity index (χ1n) is 7.31. The van der Waals surface area contributed by atoms with Gasteiger partial charge in [0.05, 0.1) is 0 Å². The first-order chi connectivity index (χ1) is 8.08. The van der Waals surface area contributed by atoms with E-state index in [9.17, 15) is 0 Å².